The van der Waals surface area contributed by atoms with Crippen LogP contribution in [0, 0.1) is 11.8 Å². The third-order valence-electron chi connectivity index (χ3n) is 7.86. The quantitative estimate of drug-likeness (QED) is 0.136. The Morgan fingerprint density at radius 1 is 1.18 bits per heavy atom. The molecule has 13 heteroatoms. The van der Waals surface area contributed by atoms with Crippen LogP contribution in [0.4, 0.5) is 5.69 Å². The zero-order chi connectivity index (χ0) is 29.1. The van der Waals surface area contributed by atoms with Crippen molar-refractivity contribution in [1.82, 2.24) is 4.90 Å². The number of anilines is 1. The molecule has 0 aromatic heterocycles. The minimum absolute atomic E-state index is 0.0368. The molecule has 0 bridgehead atoms. The summed E-state index contributed by atoms with van der Waals surface area (Å²) in [6.45, 7) is 3.10. The maximum absolute atomic E-state index is 14.0. The fourth-order valence-electron chi connectivity index (χ4n) is 6.14. The molecular weight excluding hydrogens is 514 g/mol. The molecule has 0 spiro atoms. The van der Waals surface area contributed by atoms with Crippen molar-refractivity contribution in [3.63, 3.8) is 0 Å². The van der Waals surface area contributed by atoms with Crippen molar-refractivity contribution in [3.05, 3.63) is 40.2 Å². The Bertz CT molecular complexity index is 1350. The lowest BCUT2D eigenvalue weighted by Crippen LogP contribution is -2.70. The van der Waals surface area contributed by atoms with Crippen LogP contribution in [-0.4, -0.2) is 98.9 Å². The van der Waals surface area contributed by atoms with Crippen molar-refractivity contribution in [3.8, 4) is 5.75 Å². The van der Waals surface area contributed by atoms with Crippen LogP contribution < -0.4 is 11.1 Å². The van der Waals surface area contributed by atoms with Crippen molar-refractivity contribution >= 4 is 34.9 Å². The summed E-state index contributed by atoms with van der Waals surface area (Å²) in [6, 6.07) is 1.57. The van der Waals surface area contributed by atoms with Gasteiger partial charge in [-0.3, -0.25) is 24.1 Å². The van der Waals surface area contributed by atoms with E-state index in [1.54, 1.807) is 13.8 Å². The van der Waals surface area contributed by atoms with E-state index in [2.05, 4.69) is 5.32 Å². The van der Waals surface area contributed by atoms with Crippen LogP contribution in [0.1, 0.15) is 30.9 Å². The number of phenols is 1. The maximum atomic E-state index is 14.0. The lowest BCUT2D eigenvalue weighted by molar-refractivity contribution is -0.169. The van der Waals surface area contributed by atoms with Crippen LogP contribution in [0.15, 0.2) is 29.0 Å². The van der Waals surface area contributed by atoms with E-state index in [1.807, 2.05) is 0 Å². The van der Waals surface area contributed by atoms with Crippen LogP contribution in [0.2, 0.25) is 0 Å². The lowest BCUT2D eigenvalue weighted by atomic mass is 9.54. The van der Waals surface area contributed by atoms with Crippen LogP contribution in [-0.2, 0) is 23.9 Å². The number of likely N-dealkylation sites (N-methyl/N-ethyl adjacent to an activating group) is 1. The number of nitrogens with one attached hydrogen (secondary N) is 1. The lowest BCUT2D eigenvalue weighted by Gasteiger charge is -2.53. The Hall–Kier alpha value is -3.94. The van der Waals surface area contributed by atoms with E-state index in [1.165, 1.54) is 31.1 Å². The molecule has 6 unspecified atom stereocenters. The van der Waals surface area contributed by atoms with E-state index in [9.17, 15) is 44.7 Å². The van der Waals surface area contributed by atoms with E-state index < -0.39 is 87.4 Å². The molecule has 1 amide bonds. The molecule has 4 rings (SSSR count). The SMILES string of the molecule is CCOC(=O)CNc1ccc2c(c1O)C(O)=C1C(=O)C3(O)C(O)=C(C(N)=O)C(=O)C(N(C)C)C3C(O)C1C2C. The number of carbonyl (C=O) groups is 4. The number of aliphatic hydroxyl groups excluding tert-OH is 3. The summed E-state index contributed by atoms with van der Waals surface area (Å²) in [5.41, 5.74) is 1.04. The summed E-state index contributed by atoms with van der Waals surface area (Å²) in [4.78, 5) is 52.3. The molecular formula is C26H31N3O10. The first-order valence-electron chi connectivity index (χ1n) is 12.3. The van der Waals surface area contributed by atoms with Gasteiger partial charge >= 0.3 is 5.97 Å². The molecule has 13 nitrogen and oxygen atoms in total. The molecule has 3 aliphatic rings. The predicted molar refractivity (Wildman–Crippen MR) is 135 cm³/mol. The Morgan fingerprint density at radius 3 is 2.38 bits per heavy atom. The van der Waals surface area contributed by atoms with Crippen LogP contribution in [0.5, 0.6) is 5.75 Å². The molecule has 1 aromatic rings. The average molecular weight is 546 g/mol. The molecule has 0 radical (unpaired) electrons. The standard InChI is InChI=1S/C26H31N3O10/c1-5-39-12(30)8-28-11-7-6-10-9(2)13-15(20(32)14(10)19(11)31)23(35)26(38)17(21(13)33)18(29(3)4)22(34)16(24(26)36)25(27)37/h6-7,9,13,17-18,21,28,31-33,36,38H,5,8H2,1-4H3,(H2,27,37). The number of hydrogen-bond donors (Lipinski definition) is 7. The van der Waals surface area contributed by atoms with Gasteiger partial charge in [0, 0.05) is 11.5 Å². The van der Waals surface area contributed by atoms with E-state index in [4.69, 9.17) is 10.5 Å². The molecule has 0 aliphatic heterocycles. The van der Waals surface area contributed by atoms with E-state index >= 15 is 0 Å². The normalized spacial score (nSPS) is 30.1. The summed E-state index contributed by atoms with van der Waals surface area (Å²) < 4.78 is 4.85. The Balaban J connectivity index is 1.92. The van der Waals surface area contributed by atoms with Crippen molar-refractivity contribution in [1.29, 1.82) is 0 Å². The van der Waals surface area contributed by atoms with Crippen LogP contribution in [0.3, 0.4) is 0 Å². The second kappa shape index (κ2) is 9.67. The highest BCUT2D eigenvalue weighted by atomic mass is 16.5. The summed E-state index contributed by atoms with van der Waals surface area (Å²) in [6.07, 6.45) is -1.68. The number of ketones is 2. The van der Waals surface area contributed by atoms with Crippen molar-refractivity contribution in [2.75, 3.05) is 32.6 Å². The largest absolute Gasteiger partial charge is 0.508 e. The van der Waals surface area contributed by atoms with Crippen molar-refractivity contribution in [2.45, 2.75) is 37.5 Å². The van der Waals surface area contributed by atoms with E-state index in [0.717, 1.165) is 0 Å². The zero-order valence-corrected chi connectivity index (χ0v) is 21.8. The Kier molecular flexibility index (Phi) is 6.96. The highest BCUT2D eigenvalue weighted by Gasteiger charge is 2.68. The molecule has 1 saturated carbocycles. The second-order valence-corrected chi connectivity index (χ2v) is 10.1. The monoisotopic (exact) mass is 545 g/mol. The number of carbonyl (C=O) groups excluding carboxylic acids is 4. The van der Waals surface area contributed by atoms with Crippen molar-refractivity contribution in [2.24, 2.45) is 17.6 Å². The number of nitrogens with two attached hydrogens (primary N) is 1. The summed E-state index contributed by atoms with van der Waals surface area (Å²) in [7, 11) is 2.87. The number of primary amides is 1. The van der Waals surface area contributed by atoms with Gasteiger partial charge in [-0.25, -0.2) is 0 Å². The van der Waals surface area contributed by atoms with E-state index in [-0.39, 0.29) is 24.4 Å². The first-order chi connectivity index (χ1) is 18.2. The number of aliphatic hydroxyl groups is 4. The fourth-order valence-corrected chi connectivity index (χ4v) is 6.14. The van der Waals surface area contributed by atoms with Crippen LogP contribution >= 0.6 is 0 Å². The zero-order valence-electron chi connectivity index (χ0n) is 21.8. The van der Waals surface area contributed by atoms with Gasteiger partial charge in [0.25, 0.3) is 5.91 Å². The minimum Gasteiger partial charge on any atom is -0.508 e. The number of phenolic OH excluding ortho intramolecular Hbond substituents is 1. The number of benzene rings is 1. The van der Waals surface area contributed by atoms with Gasteiger partial charge in [0.1, 0.15) is 29.4 Å². The first-order valence-corrected chi connectivity index (χ1v) is 12.3. The summed E-state index contributed by atoms with van der Waals surface area (Å²) in [5.74, 6) is -10.3. The maximum Gasteiger partial charge on any atom is 0.325 e. The number of aromatic hydroxyl groups is 1. The highest BCUT2D eigenvalue weighted by Crippen LogP contribution is 2.56. The molecule has 210 valence electrons. The number of rotatable bonds is 6. The third kappa shape index (κ3) is 3.87. The average Bonchev–Trinajstić information content (AvgIpc) is 2.85. The molecule has 6 atom stereocenters. The summed E-state index contributed by atoms with van der Waals surface area (Å²) in [5, 5.41) is 59.2. The number of ether oxygens (including phenoxy) is 1. The first kappa shape index (κ1) is 28.1. The topological polar surface area (TPSA) is 220 Å². The molecule has 0 saturated heterocycles. The second-order valence-electron chi connectivity index (χ2n) is 10.1. The van der Waals surface area contributed by atoms with Gasteiger partial charge in [-0.05, 0) is 38.6 Å². The third-order valence-corrected chi connectivity index (χ3v) is 7.86. The summed E-state index contributed by atoms with van der Waals surface area (Å²) >= 11 is 0. The molecule has 3 aliphatic carbocycles. The number of amides is 1. The molecule has 1 fully saturated rings. The number of nitrogens with zero attached hydrogens (tertiary/aromatic N) is 1. The highest BCUT2D eigenvalue weighted by molar-refractivity contribution is 6.24. The molecule has 8 N–H and O–H groups in total. The predicted octanol–water partition coefficient (Wildman–Crippen LogP) is -0.529. The van der Waals surface area contributed by atoms with Gasteiger partial charge in [-0.2, -0.15) is 0 Å². The van der Waals surface area contributed by atoms with E-state index in [0.29, 0.717) is 5.56 Å². The molecule has 1 aromatic carbocycles. The minimum atomic E-state index is -2.99. The van der Waals surface area contributed by atoms with Gasteiger partial charge < -0.3 is 41.3 Å². The van der Waals surface area contributed by atoms with Gasteiger partial charge in [0.05, 0.1) is 35.9 Å². The van der Waals surface area contributed by atoms with Crippen LogP contribution in [0.25, 0.3) is 5.76 Å². The Labute approximate surface area is 223 Å². The van der Waals surface area contributed by atoms with Gasteiger partial charge in [-0.1, -0.05) is 13.0 Å². The van der Waals surface area contributed by atoms with Crippen molar-refractivity contribution < 1.29 is 49.4 Å². The smallest absolute Gasteiger partial charge is 0.325 e. The molecule has 0 heterocycles. The number of Topliss-reactive ketones (excluding diaryl/α,β-unsaturated/α-hetero) is 2. The van der Waals surface area contributed by atoms with Gasteiger partial charge in [0.2, 0.25) is 5.78 Å². The van der Waals surface area contributed by atoms with Gasteiger partial charge in [-0.15, -0.1) is 0 Å². The number of fused-ring (bicyclic) bond motifs is 3. The fraction of sp³-hybridized carbons (Fsp3) is 0.462. The molecule has 39 heavy (non-hydrogen) atoms. The van der Waals surface area contributed by atoms with Gasteiger partial charge in [0.15, 0.2) is 11.4 Å². The number of esters is 1. The Morgan fingerprint density at radius 2 is 1.82 bits per heavy atom. The number of hydrogen-bond acceptors (Lipinski definition) is 12.